The molecule has 0 radical (unpaired) electrons. The van der Waals surface area contributed by atoms with Crippen molar-refractivity contribution in [3.05, 3.63) is 34.9 Å². The standard InChI is InChI=1S/C9H12ClNO3S.ClH/c10-9-3-1-7(2-4-9)8(5-11)6-15(12,13)14;/h1-4,8H,5-6,11H2,(H,12,13,14);1H. The Morgan fingerprint density at radius 2 is 1.81 bits per heavy atom. The summed E-state index contributed by atoms with van der Waals surface area (Å²) >= 11 is 5.69. The van der Waals surface area contributed by atoms with Crippen molar-refractivity contribution in [2.24, 2.45) is 5.73 Å². The van der Waals surface area contributed by atoms with Gasteiger partial charge in [0.2, 0.25) is 0 Å². The topological polar surface area (TPSA) is 80.4 Å². The Kier molecular flexibility index (Phi) is 6.28. The molecule has 0 heterocycles. The summed E-state index contributed by atoms with van der Waals surface area (Å²) in [6.45, 7) is 0.154. The van der Waals surface area contributed by atoms with Gasteiger partial charge in [-0.05, 0) is 17.7 Å². The molecule has 0 spiro atoms. The highest BCUT2D eigenvalue weighted by molar-refractivity contribution is 7.85. The number of benzene rings is 1. The van der Waals surface area contributed by atoms with Crippen molar-refractivity contribution in [1.82, 2.24) is 0 Å². The average Bonchev–Trinajstić information content (AvgIpc) is 2.14. The maximum absolute atomic E-state index is 10.7. The predicted octanol–water partition coefficient (Wildman–Crippen LogP) is 1.69. The van der Waals surface area contributed by atoms with Gasteiger partial charge in [0.15, 0.2) is 0 Å². The van der Waals surface area contributed by atoms with E-state index in [1.54, 1.807) is 24.3 Å². The average molecular weight is 286 g/mol. The Bertz CT molecular complexity index is 419. The predicted molar refractivity (Wildman–Crippen MR) is 66.9 cm³/mol. The van der Waals surface area contributed by atoms with Crippen molar-refractivity contribution in [1.29, 1.82) is 0 Å². The van der Waals surface area contributed by atoms with E-state index in [-0.39, 0.29) is 24.7 Å². The van der Waals surface area contributed by atoms with Gasteiger partial charge in [0.05, 0.1) is 5.75 Å². The zero-order chi connectivity index (χ0) is 11.5. The fraction of sp³-hybridized carbons (Fsp3) is 0.333. The van der Waals surface area contributed by atoms with Gasteiger partial charge in [-0.2, -0.15) is 8.42 Å². The monoisotopic (exact) mass is 285 g/mol. The summed E-state index contributed by atoms with van der Waals surface area (Å²) in [6, 6.07) is 6.71. The van der Waals surface area contributed by atoms with Crippen molar-refractivity contribution in [3.63, 3.8) is 0 Å². The van der Waals surface area contributed by atoms with Crippen LogP contribution in [0.4, 0.5) is 0 Å². The highest BCUT2D eigenvalue weighted by Crippen LogP contribution is 2.18. The minimum atomic E-state index is -4.01. The second-order valence-corrected chi connectivity index (χ2v) is 5.17. The first kappa shape index (κ1) is 15.7. The lowest BCUT2D eigenvalue weighted by Crippen LogP contribution is -2.21. The molecule has 1 rings (SSSR count). The van der Waals surface area contributed by atoms with Crippen molar-refractivity contribution < 1.29 is 13.0 Å². The summed E-state index contributed by atoms with van der Waals surface area (Å²) in [4.78, 5) is 0. The van der Waals surface area contributed by atoms with Crippen LogP contribution in [0.1, 0.15) is 11.5 Å². The summed E-state index contributed by atoms with van der Waals surface area (Å²) in [7, 11) is -4.01. The molecule has 0 aliphatic rings. The van der Waals surface area contributed by atoms with Gasteiger partial charge in [-0.25, -0.2) is 0 Å². The molecular weight excluding hydrogens is 273 g/mol. The molecule has 1 unspecified atom stereocenters. The quantitative estimate of drug-likeness (QED) is 0.825. The highest BCUT2D eigenvalue weighted by Gasteiger charge is 2.17. The van der Waals surface area contributed by atoms with E-state index in [1.165, 1.54) is 0 Å². The fourth-order valence-corrected chi connectivity index (χ4v) is 2.25. The SMILES string of the molecule is Cl.NCC(CS(=O)(=O)O)c1ccc(Cl)cc1. The van der Waals surface area contributed by atoms with Crippen LogP contribution < -0.4 is 5.73 Å². The molecule has 0 amide bonds. The van der Waals surface area contributed by atoms with Gasteiger partial charge < -0.3 is 5.73 Å². The van der Waals surface area contributed by atoms with Gasteiger partial charge in [0.1, 0.15) is 0 Å². The summed E-state index contributed by atoms with van der Waals surface area (Å²) < 4.78 is 30.2. The second kappa shape index (κ2) is 6.42. The fourth-order valence-electron chi connectivity index (χ4n) is 1.29. The normalized spacial score (nSPS) is 12.9. The van der Waals surface area contributed by atoms with Crippen LogP contribution in [-0.4, -0.2) is 25.3 Å². The molecule has 0 aliphatic heterocycles. The molecule has 1 aromatic rings. The third-order valence-electron chi connectivity index (χ3n) is 2.04. The summed E-state index contributed by atoms with van der Waals surface area (Å²) in [6.07, 6.45) is 0. The lowest BCUT2D eigenvalue weighted by Gasteiger charge is -2.13. The second-order valence-electron chi connectivity index (χ2n) is 3.23. The van der Waals surface area contributed by atoms with Crippen molar-refractivity contribution in [2.45, 2.75) is 5.92 Å². The van der Waals surface area contributed by atoms with E-state index in [0.29, 0.717) is 5.02 Å². The maximum Gasteiger partial charge on any atom is 0.265 e. The molecule has 16 heavy (non-hydrogen) atoms. The van der Waals surface area contributed by atoms with E-state index in [0.717, 1.165) is 5.56 Å². The Morgan fingerprint density at radius 1 is 1.31 bits per heavy atom. The lowest BCUT2D eigenvalue weighted by molar-refractivity contribution is 0.477. The van der Waals surface area contributed by atoms with Gasteiger partial charge in [-0.15, -0.1) is 12.4 Å². The van der Waals surface area contributed by atoms with Crippen LogP contribution in [0.25, 0.3) is 0 Å². The van der Waals surface area contributed by atoms with Gasteiger partial charge in [0.25, 0.3) is 10.1 Å². The van der Waals surface area contributed by atoms with E-state index in [4.69, 9.17) is 21.9 Å². The summed E-state index contributed by atoms with van der Waals surface area (Å²) in [5.74, 6) is -0.775. The third-order valence-corrected chi connectivity index (χ3v) is 3.11. The van der Waals surface area contributed by atoms with Crippen molar-refractivity contribution >= 4 is 34.1 Å². The van der Waals surface area contributed by atoms with Crippen molar-refractivity contribution in [2.75, 3.05) is 12.3 Å². The van der Waals surface area contributed by atoms with Crippen LogP contribution in [0.3, 0.4) is 0 Å². The van der Waals surface area contributed by atoms with Crippen LogP contribution in [-0.2, 0) is 10.1 Å². The van der Waals surface area contributed by atoms with Crippen LogP contribution in [0.2, 0.25) is 5.02 Å². The number of rotatable bonds is 4. The minimum absolute atomic E-state index is 0. The third kappa shape index (κ3) is 5.14. The van der Waals surface area contributed by atoms with E-state index < -0.39 is 16.0 Å². The Hall–Kier alpha value is -0.330. The smallest absolute Gasteiger partial charge is 0.265 e. The van der Waals surface area contributed by atoms with Gasteiger partial charge >= 0.3 is 0 Å². The first-order valence-electron chi connectivity index (χ1n) is 4.33. The largest absolute Gasteiger partial charge is 0.330 e. The molecule has 0 aliphatic carbocycles. The Morgan fingerprint density at radius 3 is 2.19 bits per heavy atom. The highest BCUT2D eigenvalue weighted by atomic mass is 35.5. The molecule has 0 bridgehead atoms. The molecule has 1 atom stereocenters. The van der Waals surface area contributed by atoms with E-state index in [1.807, 2.05) is 0 Å². The molecule has 7 heteroatoms. The lowest BCUT2D eigenvalue weighted by atomic mass is 10.0. The molecule has 0 saturated heterocycles. The Labute approximate surface area is 106 Å². The molecule has 3 N–H and O–H groups in total. The first-order chi connectivity index (χ1) is 6.92. The molecular formula is C9H13Cl2NO3S. The van der Waals surface area contributed by atoms with Gasteiger partial charge in [-0.1, -0.05) is 23.7 Å². The molecule has 4 nitrogen and oxygen atoms in total. The first-order valence-corrected chi connectivity index (χ1v) is 6.32. The van der Waals surface area contributed by atoms with Gasteiger partial charge in [0, 0.05) is 17.5 Å². The number of halogens is 2. The summed E-state index contributed by atoms with van der Waals surface area (Å²) in [5, 5.41) is 0.571. The van der Waals surface area contributed by atoms with Crippen LogP contribution in [0.15, 0.2) is 24.3 Å². The van der Waals surface area contributed by atoms with E-state index in [2.05, 4.69) is 0 Å². The van der Waals surface area contributed by atoms with E-state index in [9.17, 15) is 8.42 Å². The van der Waals surface area contributed by atoms with Crippen LogP contribution >= 0.6 is 24.0 Å². The van der Waals surface area contributed by atoms with E-state index >= 15 is 0 Å². The maximum atomic E-state index is 10.7. The van der Waals surface area contributed by atoms with Crippen molar-refractivity contribution in [3.8, 4) is 0 Å². The molecule has 0 fully saturated rings. The Balaban J connectivity index is 0.00000225. The molecule has 1 aromatic carbocycles. The summed E-state index contributed by atoms with van der Waals surface area (Å²) in [5.41, 5.74) is 6.19. The van der Waals surface area contributed by atoms with Crippen LogP contribution in [0, 0.1) is 0 Å². The molecule has 92 valence electrons. The zero-order valence-corrected chi connectivity index (χ0v) is 10.7. The van der Waals surface area contributed by atoms with Crippen LogP contribution in [0.5, 0.6) is 0 Å². The zero-order valence-electron chi connectivity index (χ0n) is 8.34. The molecule has 0 aromatic heterocycles. The minimum Gasteiger partial charge on any atom is -0.330 e. The number of hydrogen-bond acceptors (Lipinski definition) is 3. The molecule has 0 saturated carbocycles. The van der Waals surface area contributed by atoms with Gasteiger partial charge in [-0.3, -0.25) is 4.55 Å². The number of nitrogens with two attached hydrogens (primary N) is 1. The number of hydrogen-bond donors (Lipinski definition) is 2.